The van der Waals surface area contributed by atoms with Crippen LogP contribution in [-0.2, 0) is 13.1 Å². The Kier molecular flexibility index (Phi) is 4.62. The Bertz CT molecular complexity index is 256. The second-order valence-electron chi connectivity index (χ2n) is 3.31. The Morgan fingerprint density at radius 3 is 2.93 bits per heavy atom. The molecule has 0 unspecified atom stereocenters. The first kappa shape index (κ1) is 11.2. The van der Waals surface area contributed by atoms with Gasteiger partial charge in [0.1, 0.15) is 0 Å². The van der Waals surface area contributed by atoms with Crippen molar-refractivity contribution in [1.29, 1.82) is 0 Å². The number of aromatic nitrogens is 2. The molecule has 1 rings (SSSR count). The molecule has 0 aliphatic rings. The number of aliphatic hydroxyl groups is 1. The van der Waals surface area contributed by atoms with E-state index in [0.717, 1.165) is 19.5 Å². The molecular weight excluding hydrogens is 178 g/mol. The van der Waals surface area contributed by atoms with Gasteiger partial charge in [0.2, 0.25) is 0 Å². The maximum absolute atomic E-state index is 9.00. The zero-order valence-corrected chi connectivity index (χ0v) is 8.90. The molecule has 0 spiro atoms. The lowest BCUT2D eigenvalue weighted by molar-refractivity contribution is 0.237. The molecule has 14 heavy (non-hydrogen) atoms. The Labute approximate surface area is 84.9 Å². The van der Waals surface area contributed by atoms with Gasteiger partial charge in [-0.15, -0.1) is 0 Å². The third-order valence-electron chi connectivity index (χ3n) is 2.39. The van der Waals surface area contributed by atoms with Gasteiger partial charge in [0.15, 0.2) is 0 Å². The first-order valence-corrected chi connectivity index (χ1v) is 5.16. The summed E-state index contributed by atoms with van der Waals surface area (Å²) in [5.74, 6) is 0. The molecule has 1 heterocycles. The SMILES string of the molecule is CC[C@H](CO)NCc1ccnn1CC. The van der Waals surface area contributed by atoms with Gasteiger partial charge in [-0.05, 0) is 19.4 Å². The summed E-state index contributed by atoms with van der Waals surface area (Å²) in [6.45, 7) is 5.98. The monoisotopic (exact) mass is 197 g/mol. The summed E-state index contributed by atoms with van der Waals surface area (Å²) >= 11 is 0. The van der Waals surface area contributed by atoms with Gasteiger partial charge in [0.05, 0.1) is 12.3 Å². The fourth-order valence-electron chi connectivity index (χ4n) is 1.38. The molecule has 0 radical (unpaired) electrons. The second-order valence-corrected chi connectivity index (χ2v) is 3.31. The fourth-order valence-corrected chi connectivity index (χ4v) is 1.38. The van der Waals surface area contributed by atoms with Crippen molar-refractivity contribution in [2.45, 2.75) is 39.4 Å². The van der Waals surface area contributed by atoms with Gasteiger partial charge in [0, 0.05) is 25.3 Å². The minimum Gasteiger partial charge on any atom is -0.395 e. The molecule has 1 atom stereocenters. The summed E-state index contributed by atoms with van der Waals surface area (Å²) in [5, 5.41) is 16.5. The molecule has 2 N–H and O–H groups in total. The lowest BCUT2D eigenvalue weighted by Crippen LogP contribution is -2.31. The van der Waals surface area contributed by atoms with E-state index in [0.29, 0.717) is 0 Å². The van der Waals surface area contributed by atoms with Crippen LogP contribution in [0.1, 0.15) is 26.0 Å². The van der Waals surface area contributed by atoms with E-state index in [1.807, 2.05) is 10.7 Å². The van der Waals surface area contributed by atoms with E-state index in [-0.39, 0.29) is 12.6 Å². The van der Waals surface area contributed by atoms with Crippen molar-refractivity contribution in [3.8, 4) is 0 Å². The summed E-state index contributed by atoms with van der Waals surface area (Å²) < 4.78 is 1.96. The van der Waals surface area contributed by atoms with E-state index in [1.165, 1.54) is 5.69 Å². The van der Waals surface area contributed by atoms with Crippen LogP contribution < -0.4 is 5.32 Å². The minimum absolute atomic E-state index is 0.190. The van der Waals surface area contributed by atoms with Gasteiger partial charge in [-0.2, -0.15) is 5.10 Å². The van der Waals surface area contributed by atoms with Gasteiger partial charge >= 0.3 is 0 Å². The van der Waals surface area contributed by atoms with Crippen LogP contribution in [0.4, 0.5) is 0 Å². The third kappa shape index (κ3) is 2.82. The van der Waals surface area contributed by atoms with E-state index in [4.69, 9.17) is 5.11 Å². The number of aliphatic hydroxyl groups excluding tert-OH is 1. The molecule has 0 bridgehead atoms. The average molecular weight is 197 g/mol. The molecule has 1 aromatic heterocycles. The van der Waals surface area contributed by atoms with Crippen LogP contribution >= 0.6 is 0 Å². The van der Waals surface area contributed by atoms with Crippen molar-refractivity contribution in [2.75, 3.05) is 6.61 Å². The molecule has 1 aromatic rings. The van der Waals surface area contributed by atoms with Gasteiger partial charge in [0.25, 0.3) is 0 Å². The highest BCUT2D eigenvalue weighted by Crippen LogP contribution is 1.99. The largest absolute Gasteiger partial charge is 0.395 e. The highest BCUT2D eigenvalue weighted by atomic mass is 16.3. The minimum atomic E-state index is 0.190. The molecule has 4 nitrogen and oxygen atoms in total. The predicted molar refractivity (Wildman–Crippen MR) is 55.9 cm³/mol. The molecule has 0 amide bonds. The van der Waals surface area contributed by atoms with Crippen molar-refractivity contribution in [1.82, 2.24) is 15.1 Å². The van der Waals surface area contributed by atoms with E-state index in [2.05, 4.69) is 24.3 Å². The zero-order chi connectivity index (χ0) is 10.4. The standard InChI is InChI=1S/C10H19N3O/c1-3-9(8-14)11-7-10-5-6-12-13(10)4-2/h5-6,9,11,14H,3-4,7-8H2,1-2H3/t9-/m1/s1. The molecule has 0 fully saturated rings. The van der Waals surface area contributed by atoms with Crippen molar-refractivity contribution < 1.29 is 5.11 Å². The number of nitrogens with zero attached hydrogens (tertiary/aromatic N) is 2. The van der Waals surface area contributed by atoms with E-state index in [1.54, 1.807) is 6.20 Å². The van der Waals surface area contributed by atoms with Crippen LogP contribution in [0, 0.1) is 0 Å². The molecular formula is C10H19N3O. The van der Waals surface area contributed by atoms with E-state index >= 15 is 0 Å². The lowest BCUT2D eigenvalue weighted by atomic mass is 10.2. The first-order valence-electron chi connectivity index (χ1n) is 5.16. The maximum atomic E-state index is 9.00. The summed E-state index contributed by atoms with van der Waals surface area (Å²) in [6.07, 6.45) is 2.75. The van der Waals surface area contributed by atoms with Gasteiger partial charge in [-0.25, -0.2) is 0 Å². The quantitative estimate of drug-likeness (QED) is 0.708. The molecule has 0 saturated heterocycles. The molecule has 0 aromatic carbocycles. The van der Waals surface area contributed by atoms with Crippen LogP contribution in [0.25, 0.3) is 0 Å². The normalized spacial score (nSPS) is 13.1. The Morgan fingerprint density at radius 2 is 2.36 bits per heavy atom. The predicted octanol–water partition coefficient (Wildman–Crippen LogP) is 0.763. The fraction of sp³-hybridized carbons (Fsp3) is 0.700. The van der Waals surface area contributed by atoms with Crippen LogP contribution in [0.5, 0.6) is 0 Å². The van der Waals surface area contributed by atoms with E-state index < -0.39 is 0 Å². The molecule has 0 saturated carbocycles. The Hall–Kier alpha value is -0.870. The summed E-state index contributed by atoms with van der Waals surface area (Å²) in [6, 6.07) is 2.19. The topological polar surface area (TPSA) is 50.1 Å². The van der Waals surface area contributed by atoms with E-state index in [9.17, 15) is 0 Å². The van der Waals surface area contributed by atoms with Gasteiger partial charge in [-0.3, -0.25) is 4.68 Å². The van der Waals surface area contributed by atoms with Crippen LogP contribution in [0.15, 0.2) is 12.3 Å². The van der Waals surface area contributed by atoms with Gasteiger partial charge in [-0.1, -0.05) is 6.92 Å². The molecule has 80 valence electrons. The van der Waals surface area contributed by atoms with Crippen LogP contribution in [0.2, 0.25) is 0 Å². The number of aryl methyl sites for hydroxylation is 1. The van der Waals surface area contributed by atoms with Gasteiger partial charge < -0.3 is 10.4 Å². The number of rotatable bonds is 6. The summed E-state index contributed by atoms with van der Waals surface area (Å²) in [7, 11) is 0. The van der Waals surface area contributed by atoms with Crippen molar-refractivity contribution in [3.05, 3.63) is 18.0 Å². The Morgan fingerprint density at radius 1 is 1.57 bits per heavy atom. The number of hydrogen-bond donors (Lipinski definition) is 2. The Balaban J connectivity index is 2.44. The lowest BCUT2D eigenvalue weighted by Gasteiger charge is -2.14. The van der Waals surface area contributed by atoms with Crippen molar-refractivity contribution in [3.63, 3.8) is 0 Å². The first-order chi connectivity index (χ1) is 6.81. The van der Waals surface area contributed by atoms with Crippen molar-refractivity contribution >= 4 is 0 Å². The zero-order valence-electron chi connectivity index (χ0n) is 8.90. The smallest absolute Gasteiger partial charge is 0.0584 e. The highest BCUT2D eigenvalue weighted by molar-refractivity contribution is 5.00. The summed E-state index contributed by atoms with van der Waals surface area (Å²) in [4.78, 5) is 0. The summed E-state index contributed by atoms with van der Waals surface area (Å²) in [5.41, 5.74) is 1.17. The van der Waals surface area contributed by atoms with Crippen molar-refractivity contribution in [2.24, 2.45) is 0 Å². The maximum Gasteiger partial charge on any atom is 0.0584 e. The second kappa shape index (κ2) is 5.78. The number of hydrogen-bond acceptors (Lipinski definition) is 3. The van der Waals surface area contributed by atoms with Crippen LogP contribution in [-0.4, -0.2) is 27.5 Å². The highest BCUT2D eigenvalue weighted by Gasteiger charge is 2.05. The molecule has 0 aliphatic heterocycles. The molecule has 4 heteroatoms. The molecule has 0 aliphatic carbocycles. The average Bonchev–Trinajstić information content (AvgIpc) is 2.67. The third-order valence-corrected chi connectivity index (χ3v) is 2.39. The number of nitrogens with one attached hydrogen (secondary N) is 1. The van der Waals surface area contributed by atoms with Crippen LogP contribution in [0.3, 0.4) is 0 Å².